The minimum absolute atomic E-state index is 0.270. The summed E-state index contributed by atoms with van der Waals surface area (Å²) in [6.45, 7) is 2.42. The maximum absolute atomic E-state index is 11.7. The predicted octanol–water partition coefficient (Wildman–Crippen LogP) is 1.06. The molecule has 1 saturated carbocycles. The summed E-state index contributed by atoms with van der Waals surface area (Å²) in [6, 6.07) is 3.92. The number of hydrogen-bond donors (Lipinski definition) is 0. The van der Waals surface area contributed by atoms with E-state index in [1.165, 1.54) is 12.8 Å². The number of likely N-dealkylation sites (tertiary alicyclic amines) is 1. The normalized spacial score (nSPS) is 18.4. The number of anilines is 1. The van der Waals surface area contributed by atoms with Gasteiger partial charge < -0.3 is 9.80 Å². The van der Waals surface area contributed by atoms with Crippen molar-refractivity contribution in [3.8, 4) is 0 Å². The molecule has 0 bridgehead atoms. The minimum atomic E-state index is 0.270. The van der Waals surface area contributed by atoms with Crippen LogP contribution in [0, 0.1) is 0 Å². The van der Waals surface area contributed by atoms with Crippen LogP contribution in [0.25, 0.3) is 5.65 Å². The van der Waals surface area contributed by atoms with E-state index in [9.17, 15) is 4.79 Å². The van der Waals surface area contributed by atoms with Crippen LogP contribution in [0.5, 0.6) is 0 Å². The number of amides is 1. The average molecular weight is 300 g/mol. The van der Waals surface area contributed by atoms with Crippen LogP contribution < -0.4 is 4.90 Å². The number of carbonyl (C=O) groups is 1. The highest BCUT2D eigenvalue weighted by Crippen LogP contribution is 2.38. The molecule has 2 aromatic rings. The fraction of sp³-hybridized carbons (Fsp3) is 0.600. The Morgan fingerprint density at radius 3 is 2.91 bits per heavy atom. The molecule has 4 rings (SSSR count). The Labute approximate surface area is 128 Å². The standard InChI is InChI=1S/C15H20N6O/c1-19(9-10-20-8-2-3-14(20)22)13-7-6-12-16-17-15(11-4-5-11)21(12)18-13/h6-7,11H,2-5,8-10H2,1H3. The molecule has 1 aliphatic carbocycles. The Hall–Kier alpha value is -2.18. The number of fused-ring (bicyclic) bond motifs is 1. The average Bonchev–Trinajstić information content (AvgIpc) is 3.15. The number of hydrogen-bond acceptors (Lipinski definition) is 5. The lowest BCUT2D eigenvalue weighted by Crippen LogP contribution is -2.34. The van der Waals surface area contributed by atoms with Gasteiger partial charge in [0.25, 0.3) is 0 Å². The lowest BCUT2D eigenvalue weighted by Gasteiger charge is -2.22. The van der Waals surface area contributed by atoms with Gasteiger partial charge in [-0.2, -0.15) is 4.52 Å². The molecule has 1 aliphatic heterocycles. The van der Waals surface area contributed by atoms with Crippen LogP contribution in [-0.4, -0.2) is 57.3 Å². The van der Waals surface area contributed by atoms with Gasteiger partial charge in [-0.15, -0.1) is 15.3 Å². The van der Waals surface area contributed by atoms with Gasteiger partial charge >= 0.3 is 0 Å². The molecular formula is C15H20N6O. The Kier molecular flexibility index (Phi) is 3.20. The van der Waals surface area contributed by atoms with Crippen molar-refractivity contribution in [1.82, 2.24) is 24.7 Å². The zero-order valence-electron chi connectivity index (χ0n) is 12.8. The molecule has 0 spiro atoms. The Bertz CT molecular complexity index is 707. The van der Waals surface area contributed by atoms with Gasteiger partial charge in [-0.1, -0.05) is 0 Å². The lowest BCUT2D eigenvalue weighted by atomic mass is 10.4. The number of rotatable bonds is 5. The van der Waals surface area contributed by atoms with Crippen molar-refractivity contribution in [2.75, 3.05) is 31.6 Å². The van der Waals surface area contributed by atoms with Crippen molar-refractivity contribution in [2.45, 2.75) is 31.6 Å². The largest absolute Gasteiger partial charge is 0.356 e. The highest BCUT2D eigenvalue weighted by atomic mass is 16.2. The van der Waals surface area contributed by atoms with Crippen molar-refractivity contribution in [1.29, 1.82) is 0 Å². The highest BCUT2D eigenvalue weighted by Gasteiger charge is 2.29. The topological polar surface area (TPSA) is 66.6 Å². The van der Waals surface area contributed by atoms with E-state index in [-0.39, 0.29) is 5.91 Å². The summed E-state index contributed by atoms with van der Waals surface area (Å²) in [4.78, 5) is 15.7. The fourth-order valence-corrected chi connectivity index (χ4v) is 2.92. The molecule has 1 amide bonds. The molecule has 0 unspecified atom stereocenters. The van der Waals surface area contributed by atoms with E-state index in [4.69, 9.17) is 0 Å². The minimum Gasteiger partial charge on any atom is -0.356 e. The first kappa shape index (κ1) is 13.5. The van der Waals surface area contributed by atoms with Crippen molar-refractivity contribution in [3.63, 3.8) is 0 Å². The van der Waals surface area contributed by atoms with E-state index >= 15 is 0 Å². The van der Waals surface area contributed by atoms with Crippen LogP contribution in [-0.2, 0) is 4.79 Å². The van der Waals surface area contributed by atoms with Crippen LogP contribution in [0.2, 0.25) is 0 Å². The second-order valence-corrected chi connectivity index (χ2v) is 6.20. The van der Waals surface area contributed by atoms with E-state index < -0.39 is 0 Å². The summed E-state index contributed by atoms with van der Waals surface area (Å²) in [5.74, 6) is 2.65. The number of likely N-dealkylation sites (N-methyl/N-ethyl adjacent to an activating group) is 1. The van der Waals surface area contributed by atoms with Gasteiger partial charge in [0.1, 0.15) is 5.82 Å². The Balaban J connectivity index is 1.49. The van der Waals surface area contributed by atoms with Gasteiger partial charge in [0.15, 0.2) is 11.5 Å². The summed E-state index contributed by atoms with van der Waals surface area (Å²) < 4.78 is 1.87. The molecule has 3 heterocycles. The van der Waals surface area contributed by atoms with Crippen LogP contribution >= 0.6 is 0 Å². The van der Waals surface area contributed by atoms with Crippen molar-refractivity contribution in [2.24, 2.45) is 0 Å². The third-order valence-corrected chi connectivity index (χ3v) is 4.48. The summed E-state index contributed by atoms with van der Waals surface area (Å²) in [5.41, 5.74) is 0.800. The van der Waals surface area contributed by atoms with Gasteiger partial charge in [0.2, 0.25) is 5.91 Å². The smallest absolute Gasteiger partial charge is 0.222 e. The maximum Gasteiger partial charge on any atom is 0.222 e. The SMILES string of the molecule is CN(CCN1CCCC1=O)c1ccc2nnc(C3CC3)n2n1. The molecular weight excluding hydrogens is 280 g/mol. The molecule has 2 aromatic heterocycles. The fourth-order valence-electron chi connectivity index (χ4n) is 2.92. The van der Waals surface area contributed by atoms with Gasteiger partial charge in [-0.3, -0.25) is 4.79 Å². The second kappa shape index (κ2) is 5.23. The van der Waals surface area contributed by atoms with Crippen molar-refractivity contribution < 1.29 is 4.79 Å². The molecule has 22 heavy (non-hydrogen) atoms. The van der Waals surface area contributed by atoms with Crippen LogP contribution in [0.15, 0.2) is 12.1 Å². The number of carbonyl (C=O) groups excluding carboxylic acids is 1. The first-order valence-electron chi connectivity index (χ1n) is 7.93. The Morgan fingerprint density at radius 2 is 2.18 bits per heavy atom. The van der Waals surface area contributed by atoms with Crippen molar-refractivity contribution in [3.05, 3.63) is 18.0 Å². The van der Waals surface area contributed by atoms with E-state index in [0.717, 1.165) is 43.3 Å². The Morgan fingerprint density at radius 1 is 1.32 bits per heavy atom. The van der Waals surface area contributed by atoms with E-state index in [0.29, 0.717) is 12.3 Å². The van der Waals surface area contributed by atoms with Gasteiger partial charge in [0.05, 0.1) is 0 Å². The zero-order chi connectivity index (χ0) is 15.1. The zero-order valence-corrected chi connectivity index (χ0v) is 12.8. The van der Waals surface area contributed by atoms with E-state index in [1.54, 1.807) is 0 Å². The summed E-state index contributed by atoms with van der Waals surface area (Å²) in [5, 5.41) is 13.1. The van der Waals surface area contributed by atoms with Crippen LogP contribution in [0.4, 0.5) is 5.82 Å². The molecule has 0 N–H and O–H groups in total. The highest BCUT2D eigenvalue weighted by molar-refractivity contribution is 5.78. The number of aromatic nitrogens is 4. The summed E-state index contributed by atoms with van der Waals surface area (Å²) in [6.07, 6.45) is 4.04. The molecule has 0 atom stereocenters. The van der Waals surface area contributed by atoms with Crippen molar-refractivity contribution >= 4 is 17.4 Å². The lowest BCUT2D eigenvalue weighted by molar-refractivity contribution is -0.127. The molecule has 2 aliphatic rings. The van der Waals surface area contributed by atoms with Gasteiger partial charge in [-0.25, -0.2) is 0 Å². The monoisotopic (exact) mass is 300 g/mol. The predicted molar refractivity (Wildman–Crippen MR) is 81.8 cm³/mol. The molecule has 0 radical (unpaired) electrons. The van der Waals surface area contributed by atoms with E-state index in [1.807, 2.05) is 28.6 Å². The quantitative estimate of drug-likeness (QED) is 0.826. The van der Waals surface area contributed by atoms with Gasteiger partial charge in [0, 0.05) is 39.0 Å². The van der Waals surface area contributed by atoms with Crippen LogP contribution in [0.3, 0.4) is 0 Å². The molecule has 7 heteroatoms. The summed E-state index contributed by atoms with van der Waals surface area (Å²) in [7, 11) is 2.01. The summed E-state index contributed by atoms with van der Waals surface area (Å²) >= 11 is 0. The third-order valence-electron chi connectivity index (χ3n) is 4.48. The van der Waals surface area contributed by atoms with Gasteiger partial charge in [-0.05, 0) is 31.4 Å². The van der Waals surface area contributed by atoms with E-state index in [2.05, 4.69) is 20.2 Å². The molecule has 116 valence electrons. The number of nitrogens with zero attached hydrogens (tertiary/aromatic N) is 6. The molecule has 2 fully saturated rings. The molecule has 1 saturated heterocycles. The second-order valence-electron chi connectivity index (χ2n) is 6.20. The molecule has 0 aromatic carbocycles. The first-order chi connectivity index (χ1) is 10.7. The third kappa shape index (κ3) is 2.40. The first-order valence-corrected chi connectivity index (χ1v) is 7.93. The molecule has 7 nitrogen and oxygen atoms in total. The van der Waals surface area contributed by atoms with Crippen LogP contribution in [0.1, 0.15) is 37.4 Å². The maximum atomic E-state index is 11.7.